The first kappa shape index (κ1) is 21.0. The van der Waals surface area contributed by atoms with Crippen LogP contribution >= 0.6 is 0 Å². The van der Waals surface area contributed by atoms with Gasteiger partial charge in [-0.3, -0.25) is 19.2 Å². The molecule has 3 rings (SSSR count). The summed E-state index contributed by atoms with van der Waals surface area (Å²) < 4.78 is 8.32. The zero-order chi connectivity index (χ0) is 21.2. The van der Waals surface area contributed by atoms with E-state index >= 15 is 0 Å². The molecule has 1 amide bonds. The number of methoxy groups -OCH3 is 1. The fraction of sp³-hybridized carbons (Fsp3) is 0.600. The van der Waals surface area contributed by atoms with E-state index in [9.17, 15) is 9.59 Å². The second kappa shape index (κ2) is 8.36. The van der Waals surface area contributed by atoms with Crippen LogP contribution < -0.4 is 10.3 Å². The first-order chi connectivity index (χ1) is 13.7. The third kappa shape index (κ3) is 4.84. The quantitative estimate of drug-likeness (QED) is 0.733. The van der Waals surface area contributed by atoms with E-state index < -0.39 is 0 Å². The number of hydrogen-bond donors (Lipinski definition) is 0. The minimum Gasteiger partial charge on any atom is -0.479 e. The topological polar surface area (TPSA) is 85.5 Å². The number of nitrogens with zero attached hydrogens (tertiary/aromatic N) is 6. The molecule has 0 N–H and O–H groups in total. The third-order valence-corrected chi connectivity index (χ3v) is 5.14. The lowest BCUT2D eigenvalue weighted by Crippen LogP contribution is -2.49. The van der Waals surface area contributed by atoms with Gasteiger partial charge in [0.2, 0.25) is 5.88 Å². The van der Waals surface area contributed by atoms with Crippen molar-refractivity contribution in [2.75, 3.05) is 39.8 Å². The largest absolute Gasteiger partial charge is 0.479 e. The molecular formula is C20H30N6O3. The molecule has 3 heterocycles. The molecule has 29 heavy (non-hydrogen) atoms. The van der Waals surface area contributed by atoms with Gasteiger partial charge in [-0.05, 0) is 6.07 Å². The van der Waals surface area contributed by atoms with Gasteiger partial charge in [-0.15, -0.1) is 5.10 Å². The molecule has 1 aliphatic heterocycles. The maximum Gasteiger partial charge on any atom is 0.266 e. The Bertz CT molecular complexity index is 919. The molecule has 0 radical (unpaired) electrons. The number of rotatable bonds is 5. The SMILES string of the molecule is COc1nn(C)cc1C(=O)N1CCN(CCn2nc(C(C)(C)C)ccc2=O)CC1. The lowest BCUT2D eigenvalue weighted by atomic mass is 9.92. The predicted molar refractivity (Wildman–Crippen MR) is 109 cm³/mol. The van der Waals surface area contributed by atoms with Crippen molar-refractivity contribution >= 4 is 5.91 Å². The third-order valence-electron chi connectivity index (χ3n) is 5.14. The second-order valence-corrected chi connectivity index (χ2v) is 8.39. The lowest BCUT2D eigenvalue weighted by molar-refractivity contribution is 0.0628. The van der Waals surface area contributed by atoms with Crippen molar-refractivity contribution in [3.8, 4) is 5.88 Å². The number of carbonyl (C=O) groups excluding carboxylic acids is 1. The molecule has 1 saturated heterocycles. The fourth-order valence-electron chi connectivity index (χ4n) is 3.36. The Hall–Kier alpha value is -2.68. The summed E-state index contributed by atoms with van der Waals surface area (Å²) >= 11 is 0. The van der Waals surface area contributed by atoms with Crippen molar-refractivity contribution in [1.29, 1.82) is 0 Å². The number of aromatic nitrogens is 4. The van der Waals surface area contributed by atoms with Crippen LogP contribution in [-0.2, 0) is 19.0 Å². The highest BCUT2D eigenvalue weighted by Crippen LogP contribution is 2.19. The van der Waals surface area contributed by atoms with Gasteiger partial charge < -0.3 is 9.64 Å². The Morgan fingerprint density at radius 1 is 1.10 bits per heavy atom. The van der Waals surface area contributed by atoms with E-state index in [0.29, 0.717) is 31.1 Å². The van der Waals surface area contributed by atoms with Crippen molar-refractivity contribution in [3.05, 3.63) is 39.9 Å². The van der Waals surface area contributed by atoms with E-state index in [1.807, 2.05) is 4.90 Å². The van der Waals surface area contributed by atoms with Gasteiger partial charge in [0, 0.05) is 57.4 Å². The summed E-state index contributed by atoms with van der Waals surface area (Å²) in [7, 11) is 3.28. The first-order valence-corrected chi connectivity index (χ1v) is 9.87. The number of aryl methyl sites for hydroxylation is 1. The first-order valence-electron chi connectivity index (χ1n) is 9.87. The van der Waals surface area contributed by atoms with Crippen molar-refractivity contribution in [1.82, 2.24) is 29.4 Å². The van der Waals surface area contributed by atoms with Crippen molar-refractivity contribution in [2.45, 2.75) is 32.7 Å². The zero-order valence-corrected chi connectivity index (χ0v) is 17.9. The normalized spacial score (nSPS) is 15.6. The number of ether oxygens (including phenoxy) is 1. The van der Waals surface area contributed by atoms with Crippen LogP contribution in [0.25, 0.3) is 0 Å². The standard InChI is InChI=1S/C20H30N6O3/c1-20(2,3)16-6-7-17(27)26(21-16)13-10-24-8-11-25(12-9-24)19(28)15-14-23(4)22-18(15)29-5/h6-7,14H,8-13H2,1-5H3. The molecule has 2 aromatic rings. The summed E-state index contributed by atoms with van der Waals surface area (Å²) in [6, 6.07) is 3.39. The summed E-state index contributed by atoms with van der Waals surface area (Å²) in [5.41, 5.74) is 1.20. The van der Waals surface area contributed by atoms with Crippen LogP contribution in [0, 0.1) is 0 Å². The molecule has 0 aromatic carbocycles. The van der Waals surface area contributed by atoms with Gasteiger partial charge in [0.1, 0.15) is 5.56 Å². The van der Waals surface area contributed by atoms with Crippen LogP contribution in [0.4, 0.5) is 0 Å². The highest BCUT2D eigenvalue weighted by molar-refractivity contribution is 5.96. The van der Waals surface area contributed by atoms with Gasteiger partial charge in [0.25, 0.3) is 11.5 Å². The highest BCUT2D eigenvalue weighted by atomic mass is 16.5. The van der Waals surface area contributed by atoms with E-state index in [4.69, 9.17) is 4.74 Å². The van der Waals surface area contributed by atoms with Gasteiger partial charge >= 0.3 is 0 Å². The van der Waals surface area contributed by atoms with Gasteiger partial charge in [-0.2, -0.15) is 5.10 Å². The molecule has 158 valence electrons. The van der Waals surface area contributed by atoms with Crippen LogP contribution in [0.2, 0.25) is 0 Å². The molecule has 1 aliphatic rings. The molecule has 0 spiro atoms. The van der Waals surface area contributed by atoms with Gasteiger partial charge in [0.15, 0.2) is 0 Å². The minimum atomic E-state index is -0.102. The van der Waals surface area contributed by atoms with E-state index in [2.05, 4.69) is 35.9 Å². The Labute approximate surface area is 170 Å². The molecule has 0 bridgehead atoms. The Morgan fingerprint density at radius 3 is 2.41 bits per heavy atom. The fourth-order valence-corrected chi connectivity index (χ4v) is 3.36. The number of amides is 1. The summed E-state index contributed by atoms with van der Waals surface area (Å²) in [5.74, 6) is 0.287. The van der Waals surface area contributed by atoms with Crippen molar-refractivity contribution < 1.29 is 9.53 Å². The van der Waals surface area contributed by atoms with Crippen LogP contribution in [0.5, 0.6) is 5.88 Å². The molecule has 9 nitrogen and oxygen atoms in total. The van der Waals surface area contributed by atoms with E-state index in [-0.39, 0.29) is 16.9 Å². The van der Waals surface area contributed by atoms with Crippen LogP contribution in [0.3, 0.4) is 0 Å². The Morgan fingerprint density at radius 2 is 1.79 bits per heavy atom. The summed E-state index contributed by atoms with van der Waals surface area (Å²) in [4.78, 5) is 29.0. The lowest BCUT2D eigenvalue weighted by Gasteiger charge is -2.34. The molecular weight excluding hydrogens is 372 g/mol. The number of hydrogen-bond acceptors (Lipinski definition) is 6. The summed E-state index contributed by atoms with van der Waals surface area (Å²) in [5, 5.41) is 8.67. The molecule has 9 heteroatoms. The molecule has 0 saturated carbocycles. The molecule has 0 atom stereocenters. The van der Waals surface area contributed by atoms with Gasteiger partial charge in [-0.1, -0.05) is 20.8 Å². The van der Waals surface area contributed by atoms with E-state index in [1.165, 1.54) is 7.11 Å². The number of piperazine rings is 1. The van der Waals surface area contributed by atoms with Crippen LogP contribution in [0.1, 0.15) is 36.8 Å². The molecule has 0 aliphatic carbocycles. The highest BCUT2D eigenvalue weighted by Gasteiger charge is 2.26. The zero-order valence-electron chi connectivity index (χ0n) is 17.9. The average Bonchev–Trinajstić information content (AvgIpc) is 3.07. The number of carbonyl (C=O) groups is 1. The smallest absolute Gasteiger partial charge is 0.266 e. The Kier molecular flexibility index (Phi) is 6.07. The van der Waals surface area contributed by atoms with Gasteiger partial charge in [0.05, 0.1) is 19.3 Å². The van der Waals surface area contributed by atoms with Crippen LogP contribution in [0.15, 0.2) is 23.1 Å². The summed E-state index contributed by atoms with van der Waals surface area (Å²) in [6.07, 6.45) is 1.69. The monoisotopic (exact) mass is 402 g/mol. The van der Waals surface area contributed by atoms with Crippen molar-refractivity contribution in [2.24, 2.45) is 7.05 Å². The summed E-state index contributed by atoms with van der Waals surface area (Å²) in [6.45, 7) is 10.3. The maximum atomic E-state index is 12.8. The second-order valence-electron chi connectivity index (χ2n) is 8.39. The average molecular weight is 402 g/mol. The Balaban J connectivity index is 1.57. The molecule has 0 unspecified atom stereocenters. The van der Waals surface area contributed by atoms with Crippen LogP contribution in [-0.4, -0.2) is 75.1 Å². The van der Waals surface area contributed by atoms with E-state index in [1.54, 1.807) is 34.7 Å². The molecule has 2 aromatic heterocycles. The van der Waals surface area contributed by atoms with E-state index in [0.717, 1.165) is 25.3 Å². The predicted octanol–water partition coefficient (Wildman–Crippen LogP) is 0.741. The van der Waals surface area contributed by atoms with Gasteiger partial charge in [-0.25, -0.2) is 4.68 Å². The molecule has 1 fully saturated rings. The maximum absolute atomic E-state index is 12.8. The minimum absolute atomic E-state index is 0.0645. The van der Waals surface area contributed by atoms with Crippen molar-refractivity contribution in [3.63, 3.8) is 0 Å².